The van der Waals surface area contributed by atoms with Crippen LogP contribution in [0.25, 0.3) is 0 Å². The molecule has 1 fully saturated rings. The number of hydrogen-bond donors (Lipinski definition) is 1. The Morgan fingerprint density at radius 2 is 1.88 bits per heavy atom. The van der Waals surface area contributed by atoms with Crippen molar-refractivity contribution in [2.45, 2.75) is 38.8 Å². The Morgan fingerprint density at radius 1 is 1.19 bits per heavy atom. The monoisotopic (exact) mass is 219 g/mol. The van der Waals surface area contributed by atoms with Gasteiger partial charge in [-0.05, 0) is 23.0 Å². The fraction of sp³-hybridized carbons (Fsp3) is 0.571. The largest absolute Gasteiger partial charge is 0.359 e. The van der Waals surface area contributed by atoms with Crippen molar-refractivity contribution in [1.82, 2.24) is 5.32 Å². The molecule has 0 radical (unpaired) electrons. The van der Waals surface area contributed by atoms with Crippen LogP contribution < -0.4 is 5.32 Å². The molecule has 0 aliphatic carbocycles. The summed E-state index contributed by atoms with van der Waals surface area (Å²) >= 11 is 0. The quantitative estimate of drug-likeness (QED) is 0.784. The molecule has 1 aliphatic heterocycles. The number of hydrogen-bond acceptors (Lipinski definition) is 2. The first kappa shape index (κ1) is 11.6. The molecule has 1 unspecified atom stereocenters. The zero-order valence-electron chi connectivity index (χ0n) is 10.4. The number of rotatable bonds is 1. The molecule has 2 rings (SSSR count). The summed E-state index contributed by atoms with van der Waals surface area (Å²) in [6, 6.07) is 8.75. The van der Waals surface area contributed by atoms with Gasteiger partial charge in [-0.3, -0.25) is 5.32 Å². The van der Waals surface area contributed by atoms with Crippen LogP contribution in [0.5, 0.6) is 0 Å². The van der Waals surface area contributed by atoms with Crippen LogP contribution in [0.15, 0.2) is 24.3 Å². The Balaban J connectivity index is 2.12. The Morgan fingerprint density at radius 3 is 2.38 bits per heavy atom. The van der Waals surface area contributed by atoms with E-state index in [0.717, 1.165) is 19.6 Å². The van der Waals surface area contributed by atoms with Gasteiger partial charge in [0.1, 0.15) is 6.23 Å². The van der Waals surface area contributed by atoms with E-state index in [1.807, 2.05) is 0 Å². The van der Waals surface area contributed by atoms with Crippen LogP contribution in [0.3, 0.4) is 0 Å². The minimum atomic E-state index is 0.0859. The predicted octanol–water partition coefficient (Wildman–Crippen LogP) is 2.99. The second kappa shape index (κ2) is 4.56. The highest BCUT2D eigenvalue weighted by molar-refractivity contribution is 5.28. The van der Waals surface area contributed by atoms with Crippen molar-refractivity contribution in [3.05, 3.63) is 35.4 Å². The Hall–Kier alpha value is -0.860. The van der Waals surface area contributed by atoms with Crippen LogP contribution in [-0.2, 0) is 10.2 Å². The lowest BCUT2D eigenvalue weighted by Crippen LogP contribution is -2.31. The highest BCUT2D eigenvalue weighted by Gasteiger charge is 2.17. The standard InChI is InChI=1S/C14H21NO/c1-14(2,3)12-7-5-11(6-8-12)13-15-9-4-10-16-13/h5-8,13,15H,4,9-10H2,1-3H3. The lowest BCUT2D eigenvalue weighted by atomic mass is 9.86. The molecule has 2 nitrogen and oxygen atoms in total. The predicted molar refractivity (Wildman–Crippen MR) is 66.5 cm³/mol. The molecule has 1 aromatic rings. The maximum absolute atomic E-state index is 5.68. The molecule has 1 heterocycles. The summed E-state index contributed by atoms with van der Waals surface area (Å²) in [6.45, 7) is 8.61. The molecule has 0 aromatic heterocycles. The van der Waals surface area contributed by atoms with E-state index < -0.39 is 0 Å². The lowest BCUT2D eigenvalue weighted by molar-refractivity contribution is -0.000329. The van der Waals surface area contributed by atoms with Gasteiger partial charge in [-0.2, -0.15) is 0 Å². The van der Waals surface area contributed by atoms with Crippen LogP contribution in [0.4, 0.5) is 0 Å². The molecule has 0 amide bonds. The SMILES string of the molecule is CC(C)(C)c1ccc(C2NCCCO2)cc1. The van der Waals surface area contributed by atoms with Gasteiger partial charge in [0.2, 0.25) is 0 Å². The van der Waals surface area contributed by atoms with Gasteiger partial charge in [0.05, 0.1) is 6.61 Å². The topological polar surface area (TPSA) is 21.3 Å². The van der Waals surface area contributed by atoms with Crippen LogP contribution >= 0.6 is 0 Å². The van der Waals surface area contributed by atoms with Gasteiger partial charge < -0.3 is 4.74 Å². The second-order valence-corrected chi connectivity index (χ2v) is 5.43. The molecule has 1 saturated heterocycles. The van der Waals surface area contributed by atoms with E-state index in [-0.39, 0.29) is 11.6 Å². The van der Waals surface area contributed by atoms with Crippen molar-refractivity contribution in [1.29, 1.82) is 0 Å². The summed E-state index contributed by atoms with van der Waals surface area (Å²) in [5, 5.41) is 3.37. The van der Waals surface area contributed by atoms with Crippen molar-refractivity contribution >= 4 is 0 Å². The molecule has 1 atom stereocenters. The molecule has 0 spiro atoms. The van der Waals surface area contributed by atoms with E-state index in [1.54, 1.807) is 0 Å². The highest BCUT2D eigenvalue weighted by atomic mass is 16.5. The summed E-state index contributed by atoms with van der Waals surface area (Å²) in [5.74, 6) is 0. The Labute approximate surface area is 98.0 Å². The van der Waals surface area contributed by atoms with Crippen molar-refractivity contribution in [2.24, 2.45) is 0 Å². The highest BCUT2D eigenvalue weighted by Crippen LogP contribution is 2.24. The van der Waals surface area contributed by atoms with Crippen molar-refractivity contribution in [3.8, 4) is 0 Å². The first-order valence-corrected chi connectivity index (χ1v) is 6.03. The van der Waals surface area contributed by atoms with Crippen LogP contribution in [0.1, 0.15) is 44.5 Å². The summed E-state index contributed by atoms with van der Waals surface area (Å²) in [7, 11) is 0. The first-order chi connectivity index (χ1) is 7.57. The average Bonchev–Trinajstić information content (AvgIpc) is 2.29. The second-order valence-electron chi connectivity index (χ2n) is 5.43. The molecule has 1 aromatic carbocycles. The summed E-state index contributed by atoms with van der Waals surface area (Å²) in [4.78, 5) is 0. The van der Waals surface area contributed by atoms with E-state index >= 15 is 0 Å². The van der Waals surface area contributed by atoms with Gasteiger partial charge in [-0.25, -0.2) is 0 Å². The minimum Gasteiger partial charge on any atom is -0.359 e. The molecule has 0 bridgehead atoms. The fourth-order valence-corrected chi connectivity index (χ4v) is 1.94. The van der Waals surface area contributed by atoms with Crippen LogP contribution in [0, 0.1) is 0 Å². The molecule has 16 heavy (non-hydrogen) atoms. The molecule has 0 saturated carbocycles. The van der Waals surface area contributed by atoms with Crippen molar-refractivity contribution < 1.29 is 4.74 Å². The zero-order chi connectivity index (χ0) is 11.6. The van der Waals surface area contributed by atoms with Gasteiger partial charge in [0.25, 0.3) is 0 Å². The van der Waals surface area contributed by atoms with Gasteiger partial charge in [0, 0.05) is 6.54 Å². The minimum absolute atomic E-state index is 0.0859. The molecular weight excluding hydrogens is 198 g/mol. The van der Waals surface area contributed by atoms with E-state index in [2.05, 4.69) is 50.4 Å². The van der Waals surface area contributed by atoms with Crippen LogP contribution in [0.2, 0.25) is 0 Å². The van der Waals surface area contributed by atoms with E-state index in [0.29, 0.717) is 0 Å². The third-order valence-corrected chi connectivity index (χ3v) is 3.01. The smallest absolute Gasteiger partial charge is 0.134 e. The molecule has 1 aliphatic rings. The summed E-state index contributed by atoms with van der Waals surface area (Å²) < 4.78 is 5.68. The molecule has 88 valence electrons. The lowest BCUT2D eigenvalue weighted by Gasteiger charge is -2.25. The Bertz CT molecular complexity index is 331. The Kier molecular flexibility index (Phi) is 3.31. The summed E-state index contributed by atoms with van der Waals surface area (Å²) in [6.07, 6.45) is 1.19. The van der Waals surface area contributed by atoms with E-state index in [4.69, 9.17) is 4.74 Å². The molecule has 2 heteroatoms. The van der Waals surface area contributed by atoms with Gasteiger partial charge in [-0.15, -0.1) is 0 Å². The molecule has 1 N–H and O–H groups in total. The first-order valence-electron chi connectivity index (χ1n) is 6.03. The number of nitrogens with one attached hydrogen (secondary N) is 1. The van der Waals surface area contributed by atoms with Gasteiger partial charge >= 0.3 is 0 Å². The van der Waals surface area contributed by atoms with Gasteiger partial charge in [-0.1, -0.05) is 45.0 Å². The van der Waals surface area contributed by atoms with E-state index in [9.17, 15) is 0 Å². The third kappa shape index (κ3) is 2.63. The summed E-state index contributed by atoms with van der Waals surface area (Å²) in [5.41, 5.74) is 2.82. The zero-order valence-corrected chi connectivity index (χ0v) is 10.4. The van der Waals surface area contributed by atoms with Crippen LogP contribution in [-0.4, -0.2) is 13.2 Å². The van der Waals surface area contributed by atoms with Gasteiger partial charge in [0.15, 0.2) is 0 Å². The number of ether oxygens (including phenoxy) is 1. The van der Waals surface area contributed by atoms with Crippen molar-refractivity contribution in [3.63, 3.8) is 0 Å². The molecular formula is C14H21NO. The maximum atomic E-state index is 5.68. The van der Waals surface area contributed by atoms with E-state index in [1.165, 1.54) is 11.1 Å². The average molecular weight is 219 g/mol. The normalized spacial score (nSPS) is 22.1. The number of benzene rings is 1. The fourth-order valence-electron chi connectivity index (χ4n) is 1.94. The maximum Gasteiger partial charge on any atom is 0.134 e. The van der Waals surface area contributed by atoms with Crippen molar-refractivity contribution in [2.75, 3.05) is 13.2 Å². The third-order valence-electron chi connectivity index (χ3n) is 3.01.